The van der Waals surface area contributed by atoms with Crippen molar-refractivity contribution < 1.29 is 28.3 Å². The van der Waals surface area contributed by atoms with Gasteiger partial charge in [-0.25, -0.2) is 14.1 Å². The van der Waals surface area contributed by atoms with Crippen molar-refractivity contribution in [1.82, 2.24) is 9.80 Å². The van der Waals surface area contributed by atoms with Gasteiger partial charge in [-0.05, 0) is 31.0 Å². The van der Waals surface area contributed by atoms with Gasteiger partial charge in [0.25, 0.3) is 0 Å². The summed E-state index contributed by atoms with van der Waals surface area (Å²) < 4.78 is 18.4. The summed E-state index contributed by atoms with van der Waals surface area (Å²) in [4.78, 5) is 50.7. The lowest BCUT2D eigenvalue weighted by atomic mass is 10.1. The van der Waals surface area contributed by atoms with E-state index in [0.717, 1.165) is 29.9 Å². The monoisotopic (exact) mass is 348 g/mol. The summed E-state index contributed by atoms with van der Waals surface area (Å²) in [6.45, 7) is -0.633. The van der Waals surface area contributed by atoms with Crippen LogP contribution in [0.25, 0.3) is 0 Å². The number of methoxy groups -OCH3 is 1. The molecule has 2 fully saturated rings. The molecule has 1 aliphatic carbocycles. The number of hydrogen-bond donors (Lipinski definition) is 0. The van der Waals surface area contributed by atoms with E-state index < -0.39 is 36.0 Å². The molecule has 1 aromatic rings. The van der Waals surface area contributed by atoms with Crippen LogP contribution in [0, 0.1) is 5.82 Å². The molecule has 0 unspecified atom stereocenters. The second-order valence-corrected chi connectivity index (χ2v) is 6.06. The van der Waals surface area contributed by atoms with E-state index in [1.54, 1.807) is 0 Å². The molecule has 8 heteroatoms. The van der Waals surface area contributed by atoms with Gasteiger partial charge >= 0.3 is 17.8 Å². The average molecular weight is 348 g/mol. The van der Waals surface area contributed by atoms with Crippen molar-refractivity contribution in [3.8, 4) is 5.75 Å². The number of urea groups is 1. The number of rotatable bonds is 5. The highest BCUT2D eigenvalue weighted by Crippen LogP contribution is 2.28. The maximum atomic E-state index is 13.4. The second kappa shape index (κ2) is 6.62. The van der Waals surface area contributed by atoms with Gasteiger partial charge in [0.1, 0.15) is 11.6 Å². The highest BCUT2D eigenvalue weighted by molar-refractivity contribution is 6.45. The van der Waals surface area contributed by atoms with Crippen molar-refractivity contribution in [1.29, 1.82) is 0 Å². The smallest absolute Gasteiger partial charge is 0.334 e. The van der Waals surface area contributed by atoms with Crippen LogP contribution in [0.2, 0.25) is 0 Å². The van der Waals surface area contributed by atoms with Gasteiger partial charge in [-0.1, -0.05) is 12.8 Å². The standard InChI is InChI=1S/C17H17FN2O5/c1-25-14-7-6-10(18)8-12(14)13(21)9-19-15(22)16(23)20(17(19)24)11-4-2-3-5-11/h6-8,11H,2-5,9H2,1H3. The van der Waals surface area contributed by atoms with Crippen LogP contribution in [0.1, 0.15) is 36.0 Å². The van der Waals surface area contributed by atoms with Crippen LogP contribution in [0.4, 0.5) is 9.18 Å². The van der Waals surface area contributed by atoms with Gasteiger partial charge in [0.2, 0.25) is 0 Å². The Kier molecular flexibility index (Phi) is 4.52. The fraction of sp³-hybridized carbons (Fsp3) is 0.412. The van der Waals surface area contributed by atoms with E-state index in [0.29, 0.717) is 17.7 Å². The topological polar surface area (TPSA) is 84.0 Å². The highest BCUT2D eigenvalue weighted by atomic mass is 19.1. The lowest BCUT2D eigenvalue weighted by molar-refractivity contribution is -0.143. The van der Waals surface area contributed by atoms with E-state index in [-0.39, 0.29) is 17.4 Å². The van der Waals surface area contributed by atoms with Gasteiger partial charge < -0.3 is 4.74 Å². The Bertz CT molecular complexity index is 757. The van der Waals surface area contributed by atoms with Gasteiger partial charge in [-0.2, -0.15) is 0 Å². The first kappa shape index (κ1) is 17.1. The maximum absolute atomic E-state index is 13.4. The molecule has 0 aromatic heterocycles. The van der Waals surface area contributed by atoms with E-state index in [2.05, 4.69) is 0 Å². The lowest BCUT2D eigenvalue weighted by Crippen LogP contribution is -2.41. The van der Waals surface area contributed by atoms with E-state index >= 15 is 0 Å². The molecule has 7 nitrogen and oxygen atoms in total. The number of carbonyl (C=O) groups excluding carboxylic acids is 4. The predicted octanol–water partition coefficient (Wildman–Crippen LogP) is 1.75. The summed E-state index contributed by atoms with van der Waals surface area (Å²) in [6.07, 6.45) is 3.08. The number of nitrogens with zero attached hydrogens (tertiary/aromatic N) is 2. The summed E-state index contributed by atoms with van der Waals surface area (Å²) in [7, 11) is 1.32. The normalized spacial score (nSPS) is 18.4. The first-order valence-electron chi connectivity index (χ1n) is 7.99. The maximum Gasteiger partial charge on any atom is 0.334 e. The molecule has 0 atom stereocenters. The molecule has 4 amide bonds. The molecule has 1 saturated carbocycles. The quantitative estimate of drug-likeness (QED) is 0.460. The minimum atomic E-state index is -1.03. The Balaban J connectivity index is 1.81. The van der Waals surface area contributed by atoms with Crippen LogP contribution in [0.3, 0.4) is 0 Å². The van der Waals surface area contributed by atoms with Gasteiger partial charge in [0.15, 0.2) is 5.78 Å². The van der Waals surface area contributed by atoms with Crippen molar-refractivity contribution >= 4 is 23.6 Å². The molecule has 1 aliphatic heterocycles. The molecular weight excluding hydrogens is 331 g/mol. The number of ether oxygens (including phenoxy) is 1. The Morgan fingerprint density at radius 1 is 1.20 bits per heavy atom. The van der Waals surface area contributed by atoms with Gasteiger partial charge in [-0.15, -0.1) is 0 Å². The number of carbonyl (C=O) groups is 4. The van der Waals surface area contributed by atoms with E-state index in [1.165, 1.54) is 13.2 Å². The molecule has 0 radical (unpaired) electrons. The Morgan fingerprint density at radius 3 is 2.52 bits per heavy atom. The number of amides is 4. The Morgan fingerprint density at radius 2 is 1.88 bits per heavy atom. The van der Waals surface area contributed by atoms with Crippen LogP contribution in [0.15, 0.2) is 18.2 Å². The summed E-state index contributed by atoms with van der Waals surface area (Å²) >= 11 is 0. The van der Waals surface area contributed by atoms with Gasteiger partial charge in [-0.3, -0.25) is 19.3 Å². The summed E-state index contributed by atoms with van der Waals surface area (Å²) in [5.41, 5.74) is -0.0881. The van der Waals surface area contributed by atoms with E-state index in [9.17, 15) is 23.6 Å². The van der Waals surface area contributed by atoms with Crippen molar-refractivity contribution in [2.45, 2.75) is 31.7 Å². The van der Waals surface area contributed by atoms with Crippen LogP contribution in [-0.4, -0.2) is 53.1 Å². The molecule has 1 aromatic carbocycles. The zero-order valence-electron chi connectivity index (χ0n) is 13.7. The molecule has 0 bridgehead atoms. The molecular formula is C17H17FN2O5. The third-order valence-corrected chi connectivity index (χ3v) is 4.54. The fourth-order valence-electron chi connectivity index (χ4n) is 3.27. The SMILES string of the molecule is COc1ccc(F)cc1C(=O)CN1C(=O)C(=O)N(C2CCCC2)C1=O. The molecule has 1 saturated heterocycles. The van der Waals surface area contributed by atoms with Crippen LogP contribution in [-0.2, 0) is 9.59 Å². The predicted molar refractivity (Wildman–Crippen MR) is 83.5 cm³/mol. The molecule has 3 rings (SSSR count). The summed E-state index contributed by atoms with van der Waals surface area (Å²) in [6, 6.07) is 2.31. The lowest BCUT2D eigenvalue weighted by Gasteiger charge is -2.21. The molecule has 0 spiro atoms. The average Bonchev–Trinajstić information content (AvgIpc) is 3.18. The first-order valence-corrected chi connectivity index (χ1v) is 7.99. The molecule has 1 heterocycles. The van der Waals surface area contributed by atoms with E-state index in [4.69, 9.17) is 4.74 Å². The summed E-state index contributed by atoms with van der Waals surface area (Å²) in [5.74, 6) is -3.13. The number of imide groups is 2. The third-order valence-electron chi connectivity index (χ3n) is 4.54. The molecule has 2 aliphatic rings. The Hall–Kier alpha value is -2.77. The Labute approximate surface area is 143 Å². The van der Waals surface area contributed by atoms with Gasteiger partial charge in [0.05, 0.1) is 19.2 Å². The minimum Gasteiger partial charge on any atom is -0.496 e. The van der Waals surface area contributed by atoms with Gasteiger partial charge in [0, 0.05) is 6.04 Å². The highest BCUT2D eigenvalue weighted by Gasteiger charge is 2.48. The van der Waals surface area contributed by atoms with Crippen LogP contribution >= 0.6 is 0 Å². The molecule has 25 heavy (non-hydrogen) atoms. The fourth-order valence-corrected chi connectivity index (χ4v) is 3.27. The number of ketones is 1. The molecule has 0 N–H and O–H groups in total. The third kappa shape index (κ3) is 2.99. The number of Topliss-reactive ketones (excluding diaryl/α,β-unsaturated/α-hetero) is 1. The first-order chi connectivity index (χ1) is 11.9. The largest absolute Gasteiger partial charge is 0.496 e. The van der Waals surface area contributed by atoms with Crippen LogP contribution in [0.5, 0.6) is 5.75 Å². The second-order valence-electron chi connectivity index (χ2n) is 6.06. The number of hydrogen-bond acceptors (Lipinski definition) is 5. The van der Waals surface area contributed by atoms with Crippen LogP contribution < -0.4 is 4.74 Å². The summed E-state index contributed by atoms with van der Waals surface area (Å²) in [5, 5.41) is 0. The minimum absolute atomic E-state index is 0.0881. The van der Waals surface area contributed by atoms with Crippen molar-refractivity contribution in [3.05, 3.63) is 29.6 Å². The molecule has 132 valence electrons. The van der Waals surface area contributed by atoms with Crippen molar-refractivity contribution in [2.24, 2.45) is 0 Å². The number of benzene rings is 1. The zero-order valence-corrected chi connectivity index (χ0v) is 13.7. The van der Waals surface area contributed by atoms with E-state index in [1.807, 2.05) is 0 Å². The van der Waals surface area contributed by atoms with Crippen molar-refractivity contribution in [2.75, 3.05) is 13.7 Å². The zero-order chi connectivity index (χ0) is 18.1. The number of halogens is 1. The van der Waals surface area contributed by atoms with Crippen molar-refractivity contribution in [3.63, 3.8) is 0 Å².